The van der Waals surface area contributed by atoms with Gasteiger partial charge in [0.05, 0.1) is 12.4 Å². The van der Waals surface area contributed by atoms with E-state index < -0.39 is 0 Å². The Morgan fingerprint density at radius 2 is 1.94 bits per heavy atom. The average Bonchev–Trinajstić information content (AvgIpc) is 2.25. The molecule has 0 fully saturated rings. The Kier molecular flexibility index (Phi) is 2.72. The largest absolute Gasteiger partial charge is 0.382 e. The molecule has 4 heteroatoms. The fourth-order valence-corrected chi connectivity index (χ4v) is 1.49. The number of benzene rings is 1. The number of hydrogen-bond acceptors (Lipinski definition) is 4. The number of rotatable bonds is 2. The van der Waals surface area contributed by atoms with Crippen molar-refractivity contribution in [3.63, 3.8) is 0 Å². The highest BCUT2D eigenvalue weighted by Gasteiger charge is 2.00. The Balaban J connectivity index is 2.23. The highest BCUT2D eigenvalue weighted by molar-refractivity contribution is 5.60. The number of nitrogen functional groups attached to an aromatic ring is 1. The highest BCUT2D eigenvalue weighted by Crippen LogP contribution is 2.19. The molecule has 0 radical (unpaired) electrons. The zero-order valence-corrected chi connectivity index (χ0v) is 9.36. The van der Waals surface area contributed by atoms with Crippen molar-refractivity contribution in [3.05, 3.63) is 41.7 Å². The maximum Gasteiger partial charge on any atom is 0.149 e. The van der Waals surface area contributed by atoms with E-state index in [9.17, 15) is 0 Å². The molecule has 0 amide bonds. The van der Waals surface area contributed by atoms with Gasteiger partial charge >= 0.3 is 0 Å². The molecule has 0 aliphatic heterocycles. The van der Waals surface area contributed by atoms with Gasteiger partial charge in [-0.1, -0.05) is 17.7 Å². The lowest BCUT2D eigenvalue weighted by Crippen LogP contribution is -1.98. The van der Waals surface area contributed by atoms with Gasteiger partial charge in [-0.15, -0.1) is 0 Å². The van der Waals surface area contributed by atoms with Gasteiger partial charge in [-0.3, -0.25) is 0 Å². The summed E-state index contributed by atoms with van der Waals surface area (Å²) in [5, 5.41) is 3.20. The number of aryl methyl sites for hydroxylation is 2. The summed E-state index contributed by atoms with van der Waals surface area (Å²) in [6, 6.07) is 6.20. The van der Waals surface area contributed by atoms with Gasteiger partial charge < -0.3 is 11.1 Å². The quantitative estimate of drug-likeness (QED) is 0.805. The van der Waals surface area contributed by atoms with Gasteiger partial charge in [0.2, 0.25) is 0 Å². The van der Waals surface area contributed by atoms with Crippen molar-refractivity contribution >= 4 is 17.3 Å². The first-order valence-corrected chi connectivity index (χ1v) is 5.07. The minimum atomic E-state index is 0.422. The van der Waals surface area contributed by atoms with Gasteiger partial charge in [0.1, 0.15) is 11.6 Å². The topological polar surface area (TPSA) is 63.8 Å². The molecular formula is C12H14N4. The Labute approximate surface area is 94.5 Å². The van der Waals surface area contributed by atoms with Crippen LogP contribution >= 0.6 is 0 Å². The molecule has 2 rings (SSSR count). The number of aromatic nitrogens is 2. The summed E-state index contributed by atoms with van der Waals surface area (Å²) < 4.78 is 0. The minimum Gasteiger partial charge on any atom is -0.382 e. The monoisotopic (exact) mass is 214 g/mol. The maximum atomic E-state index is 5.47. The summed E-state index contributed by atoms with van der Waals surface area (Å²) in [6.07, 6.45) is 3.15. The van der Waals surface area contributed by atoms with Crippen LogP contribution in [0.3, 0.4) is 0 Å². The lowest BCUT2D eigenvalue weighted by molar-refractivity contribution is 1.20. The highest BCUT2D eigenvalue weighted by atomic mass is 15.0. The van der Waals surface area contributed by atoms with E-state index in [0.29, 0.717) is 11.6 Å². The van der Waals surface area contributed by atoms with Gasteiger partial charge in [0, 0.05) is 5.69 Å². The van der Waals surface area contributed by atoms with Crippen LogP contribution in [0.25, 0.3) is 0 Å². The molecule has 16 heavy (non-hydrogen) atoms. The summed E-state index contributed by atoms with van der Waals surface area (Å²) in [4.78, 5) is 8.11. The predicted octanol–water partition coefficient (Wildman–Crippen LogP) is 2.42. The molecule has 0 saturated heterocycles. The molecule has 0 aliphatic carbocycles. The van der Waals surface area contributed by atoms with Crippen LogP contribution in [0.2, 0.25) is 0 Å². The molecule has 82 valence electrons. The van der Waals surface area contributed by atoms with E-state index >= 15 is 0 Å². The van der Waals surface area contributed by atoms with E-state index in [1.54, 1.807) is 6.20 Å². The fourth-order valence-electron chi connectivity index (χ4n) is 1.49. The molecule has 0 unspecified atom stereocenters. The zero-order chi connectivity index (χ0) is 11.5. The van der Waals surface area contributed by atoms with Gasteiger partial charge in [0.15, 0.2) is 0 Å². The van der Waals surface area contributed by atoms with Gasteiger partial charge in [-0.25, -0.2) is 9.97 Å². The second-order valence-corrected chi connectivity index (χ2v) is 3.77. The van der Waals surface area contributed by atoms with E-state index in [1.165, 1.54) is 17.3 Å². The molecule has 1 aromatic carbocycles. The first kappa shape index (κ1) is 10.4. The molecular weight excluding hydrogens is 200 g/mol. The van der Waals surface area contributed by atoms with Crippen LogP contribution in [0.5, 0.6) is 0 Å². The smallest absolute Gasteiger partial charge is 0.149 e. The third-order valence-corrected chi connectivity index (χ3v) is 2.32. The van der Waals surface area contributed by atoms with Gasteiger partial charge in [0.25, 0.3) is 0 Å². The van der Waals surface area contributed by atoms with Crippen LogP contribution in [0.1, 0.15) is 11.1 Å². The molecule has 0 atom stereocenters. The third-order valence-electron chi connectivity index (χ3n) is 2.32. The van der Waals surface area contributed by atoms with Crippen molar-refractivity contribution in [1.82, 2.24) is 9.97 Å². The molecule has 4 nitrogen and oxygen atoms in total. The second-order valence-electron chi connectivity index (χ2n) is 3.77. The summed E-state index contributed by atoms with van der Waals surface area (Å²) in [5.41, 5.74) is 8.92. The molecule has 0 aliphatic rings. The number of nitrogens with two attached hydrogens (primary N) is 1. The summed E-state index contributed by atoms with van der Waals surface area (Å²) in [7, 11) is 0. The van der Waals surface area contributed by atoms with Crippen LogP contribution in [0, 0.1) is 13.8 Å². The van der Waals surface area contributed by atoms with E-state index in [0.717, 1.165) is 5.69 Å². The predicted molar refractivity (Wildman–Crippen MR) is 65.6 cm³/mol. The van der Waals surface area contributed by atoms with Gasteiger partial charge in [-0.05, 0) is 25.5 Å². The number of anilines is 3. The summed E-state index contributed by atoms with van der Waals surface area (Å²) in [6.45, 7) is 4.12. The van der Waals surface area contributed by atoms with Crippen molar-refractivity contribution in [2.24, 2.45) is 0 Å². The molecule has 0 spiro atoms. The van der Waals surface area contributed by atoms with Crippen molar-refractivity contribution in [2.45, 2.75) is 13.8 Å². The first-order valence-electron chi connectivity index (χ1n) is 5.07. The van der Waals surface area contributed by atoms with Crippen LogP contribution < -0.4 is 11.1 Å². The Morgan fingerprint density at radius 3 is 2.56 bits per heavy atom. The van der Waals surface area contributed by atoms with Crippen LogP contribution in [0.4, 0.5) is 17.3 Å². The second kappa shape index (κ2) is 4.18. The third kappa shape index (κ3) is 2.28. The lowest BCUT2D eigenvalue weighted by Gasteiger charge is -2.09. The number of nitrogens with zero attached hydrogens (tertiary/aromatic N) is 2. The maximum absolute atomic E-state index is 5.47. The Morgan fingerprint density at radius 1 is 1.12 bits per heavy atom. The summed E-state index contributed by atoms with van der Waals surface area (Å²) in [5.74, 6) is 1.12. The SMILES string of the molecule is Cc1ccc(Nc2cnc(N)cn2)c(C)c1. The first-order chi connectivity index (χ1) is 7.65. The fraction of sp³-hybridized carbons (Fsp3) is 0.167. The Bertz CT molecular complexity index is 491. The Hall–Kier alpha value is -2.10. The molecule has 0 saturated carbocycles. The van der Waals surface area contributed by atoms with E-state index in [1.807, 2.05) is 6.07 Å². The van der Waals surface area contributed by atoms with Crippen LogP contribution in [-0.2, 0) is 0 Å². The average molecular weight is 214 g/mol. The van der Waals surface area contributed by atoms with Crippen molar-refractivity contribution in [2.75, 3.05) is 11.1 Å². The molecule has 1 aromatic heterocycles. The lowest BCUT2D eigenvalue weighted by atomic mass is 10.1. The van der Waals surface area contributed by atoms with E-state index in [-0.39, 0.29) is 0 Å². The molecule has 2 aromatic rings. The van der Waals surface area contributed by atoms with E-state index in [2.05, 4.69) is 41.3 Å². The van der Waals surface area contributed by atoms with Crippen molar-refractivity contribution in [3.8, 4) is 0 Å². The van der Waals surface area contributed by atoms with Crippen molar-refractivity contribution in [1.29, 1.82) is 0 Å². The number of nitrogens with one attached hydrogen (secondary N) is 1. The zero-order valence-electron chi connectivity index (χ0n) is 9.36. The van der Waals surface area contributed by atoms with E-state index in [4.69, 9.17) is 5.73 Å². The van der Waals surface area contributed by atoms with Crippen LogP contribution in [-0.4, -0.2) is 9.97 Å². The molecule has 1 heterocycles. The minimum absolute atomic E-state index is 0.422. The van der Waals surface area contributed by atoms with Gasteiger partial charge in [-0.2, -0.15) is 0 Å². The molecule has 3 N–H and O–H groups in total. The van der Waals surface area contributed by atoms with Crippen molar-refractivity contribution < 1.29 is 0 Å². The summed E-state index contributed by atoms with van der Waals surface area (Å²) >= 11 is 0. The molecule has 0 bridgehead atoms. The standard InChI is InChI=1S/C12H14N4/c1-8-3-4-10(9(2)5-8)16-12-7-14-11(13)6-15-12/h3-7H,1-2H3,(H2,13,14)(H,15,16). The number of hydrogen-bond donors (Lipinski definition) is 2. The van der Waals surface area contributed by atoms with Crippen LogP contribution in [0.15, 0.2) is 30.6 Å². The normalized spacial score (nSPS) is 10.1.